The van der Waals surface area contributed by atoms with Crippen molar-refractivity contribution in [3.05, 3.63) is 32.3 Å². The van der Waals surface area contributed by atoms with Gasteiger partial charge in [-0.1, -0.05) is 15.9 Å². The van der Waals surface area contributed by atoms with E-state index in [1.807, 2.05) is 0 Å². The third-order valence-electron chi connectivity index (χ3n) is 2.23. The molecule has 0 amide bonds. The second kappa shape index (κ2) is 6.65. The summed E-state index contributed by atoms with van der Waals surface area (Å²) in [6, 6.07) is 2.83. The number of nitro benzene ring substituents is 1. The van der Waals surface area contributed by atoms with Crippen LogP contribution < -0.4 is 4.74 Å². The molecule has 0 aliphatic heterocycles. The van der Waals surface area contributed by atoms with Gasteiger partial charge in [0.1, 0.15) is 0 Å². The van der Waals surface area contributed by atoms with Crippen molar-refractivity contribution >= 4 is 21.6 Å². The first-order chi connectivity index (χ1) is 8.47. The van der Waals surface area contributed by atoms with Crippen molar-refractivity contribution in [1.29, 1.82) is 0 Å². The van der Waals surface area contributed by atoms with Crippen molar-refractivity contribution in [3.8, 4) is 5.75 Å². The van der Waals surface area contributed by atoms with Crippen LogP contribution in [0.25, 0.3) is 0 Å². The monoisotopic (exact) mass is 321 g/mol. The topological polar surface area (TPSA) is 72.6 Å². The summed E-state index contributed by atoms with van der Waals surface area (Å²) in [6.07, 6.45) is -0.770. The van der Waals surface area contributed by atoms with E-state index in [0.717, 1.165) is 0 Å². The Hall–Kier alpha value is -1.21. The summed E-state index contributed by atoms with van der Waals surface area (Å²) in [4.78, 5) is 10.3. The van der Waals surface area contributed by atoms with Crippen LogP contribution in [0.15, 0.2) is 16.6 Å². The lowest BCUT2D eigenvalue weighted by atomic mass is 10.1. The van der Waals surface area contributed by atoms with E-state index >= 15 is 0 Å². The molecule has 0 bridgehead atoms. The smallest absolute Gasteiger partial charge is 0.312 e. The molecule has 1 atom stereocenters. The van der Waals surface area contributed by atoms with E-state index in [0.29, 0.717) is 10.0 Å². The first kappa shape index (κ1) is 14.8. The third-order valence-corrected chi connectivity index (χ3v) is 2.69. The van der Waals surface area contributed by atoms with Gasteiger partial charge < -0.3 is 9.84 Å². The van der Waals surface area contributed by atoms with Gasteiger partial charge in [0.15, 0.2) is 0 Å². The first-order valence-corrected chi connectivity index (χ1v) is 6.11. The molecule has 0 unspecified atom stereocenters. The number of nitro groups is 1. The standard InChI is InChI=1S/C11H13BrFNO4/c1-7(15)9-5-8(12)6-10(14(16)17)11(9)18-4-2-3-13/h5-7,15H,2-4H2,1H3/t7-/m0/s1. The van der Waals surface area contributed by atoms with E-state index in [2.05, 4.69) is 15.9 Å². The van der Waals surface area contributed by atoms with Gasteiger partial charge in [0.2, 0.25) is 5.75 Å². The molecule has 0 aliphatic rings. The van der Waals surface area contributed by atoms with Crippen molar-refractivity contribution in [2.45, 2.75) is 19.4 Å². The van der Waals surface area contributed by atoms with E-state index in [9.17, 15) is 19.6 Å². The Morgan fingerprint density at radius 3 is 2.78 bits per heavy atom. The minimum Gasteiger partial charge on any atom is -0.486 e. The summed E-state index contributed by atoms with van der Waals surface area (Å²) >= 11 is 3.13. The molecule has 0 heterocycles. The van der Waals surface area contributed by atoms with Gasteiger partial charge in [0.05, 0.1) is 24.3 Å². The summed E-state index contributed by atoms with van der Waals surface area (Å²) in [5, 5.41) is 20.5. The van der Waals surface area contributed by atoms with Crippen LogP contribution in [0.4, 0.5) is 10.1 Å². The van der Waals surface area contributed by atoms with Gasteiger partial charge in [-0.25, -0.2) is 0 Å². The molecule has 1 aromatic rings. The number of nitrogens with zero attached hydrogens (tertiary/aromatic N) is 1. The number of rotatable bonds is 6. The van der Waals surface area contributed by atoms with Crippen molar-refractivity contribution in [1.82, 2.24) is 0 Å². The lowest BCUT2D eigenvalue weighted by molar-refractivity contribution is -0.386. The minimum absolute atomic E-state index is 0.00773. The van der Waals surface area contributed by atoms with Gasteiger partial charge in [-0.15, -0.1) is 0 Å². The molecule has 0 radical (unpaired) electrons. The van der Waals surface area contributed by atoms with Crippen LogP contribution in [0.1, 0.15) is 25.0 Å². The van der Waals surface area contributed by atoms with Crippen LogP contribution in [-0.2, 0) is 0 Å². The van der Waals surface area contributed by atoms with Crippen LogP contribution >= 0.6 is 15.9 Å². The number of hydrogen-bond donors (Lipinski definition) is 1. The van der Waals surface area contributed by atoms with Crippen LogP contribution in [0.5, 0.6) is 5.75 Å². The van der Waals surface area contributed by atoms with Crippen LogP contribution in [0.2, 0.25) is 0 Å². The Bertz CT molecular complexity index is 439. The number of halogens is 2. The molecule has 5 nitrogen and oxygen atoms in total. The molecule has 0 saturated heterocycles. The predicted octanol–water partition coefficient (Wildman–Crippen LogP) is 3.15. The largest absolute Gasteiger partial charge is 0.486 e. The van der Waals surface area contributed by atoms with Crippen molar-refractivity contribution in [2.24, 2.45) is 0 Å². The van der Waals surface area contributed by atoms with Gasteiger partial charge in [-0.05, 0) is 13.0 Å². The predicted molar refractivity (Wildman–Crippen MR) is 67.5 cm³/mol. The Labute approximate surface area is 112 Å². The lowest BCUT2D eigenvalue weighted by Gasteiger charge is -2.13. The number of hydrogen-bond acceptors (Lipinski definition) is 4. The van der Waals surface area contributed by atoms with E-state index in [4.69, 9.17) is 4.74 Å². The number of aliphatic hydroxyl groups excluding tert-OH is 1. The number of alkyl halides is 1. The molecule has 1 aromatic carbocycles. The summed E-state index contributed by atoms with van der Waals surface area (Å²) in [5.74, 6) is -0.00773. The van der Waals surface area contributed by atoms with E-state index in [1.54, 1.807) is 6.07 Å². The molecule has 0 saturated carbocycles. The fourth-order valence-corrected chi connectivity index (χ4v) is 1.90. The highest BCUT2D eigenvalue weighted by molar-refractivity contribution is 9.10. The SMILES string of the molecule is C[C@H](O)c1cc(Br)cc([N+](=O)[O-])c1OCCCF. The van der Waals surface area contributed by atoms with E-state index in [-0.39, 0.29) is 24.5 Å². The molecular weight excluding hydrogens is 309 g/mol. The summed E-state index contributed by atoms with van der Waals surface area (Å²) in [7, 11) is 0. The maximum absolute atomic E-state index is 12.0. The quantitative estimate of drug-likeness (QED) is 0.496. The highest BCUT2D eigenvalue weighted by Gasteiger charge is 2.23. The van der Waals surface area contributed by atoms with Crippen LogP contribution in [0, 0.1) is 10.1 Å². The molecular formula is C11H13BrFNO4. The zero-order valence-electron chi connectivity index (χ0n) is 9.73. The Balaban J connectivity index is 3.18. The van der Waals surface area contributed by atoms with Crippen molar-refractivity contribution in [2.75, 3.05) is 13.3 Å². The number of ether oxygens (including phenoxy) is 1. The molecule has 7 heteroatoms. The molecule has 0 spiro atoms. The van der Waals surface area contributed by atoms with Crippen molar-refractivity contribution < 1.29 is 19.2 Å². The van der Waals surface area contributed by atoms with Gasteiger partial charge in [-0.3, -0.25) is 14.5 Å². The summed E-state index contributed by atoms with van der Waals surface area (Å²) in [6.45, 7) is 0.945. The summed E-state index contributed by atoms with van der Waals surface area (Å²) < 4.78 is 17.7. The van der Waals surface area contributed by atoms with Gasteiger partial charge in [0, 0.05) is 22.5 Å². The highest BCUT2D eigenvalue weighted by Crippen LogP contribution is 2.37. The third kappa shape index (κ3) is 3.64. The number of aliphatic hydroxyl groups is 1. The second-order valence-electron chi connectivity index (χ2n) is 3.67. The van der Waals surface area contributed by atoms with E-state index < -0.39 is 17.7 Å². The normalized spacial score (nSPS) is 12.2. The van der Waals surface area contributed by atoms with Crippen molar-refractivity contribution in [3.63, 3.8) is 0 Å². The lowest BCUT2D eigenvalue weighted by Crippen LogP contribution is -2.06. The average Bonchev–Trinajstić information content (AvgIpc) is 2.30. The van der Waals surface area contributed by atoms with Crippen LogP contribution in [-0.4, -0.2) is 23.3 Å². The second-order valence-corrected chi connectivity index (χ2v) is 4.58. The van der Waals surface area contributed by atoms with Crippen LogP contribution in [0.3, 0.4) is 0 Å². The Morgan fingerprint density at radius 1 is 1.61 bits per heavy atom. The molecule has 1 rings (SSSR count). The Morgan fingerprint density at radius 2 is 2.28 bits per heavy atom. The fourth-order valence-electron chi connectivity index (χ4n) is 1.43. The van der Waals surface area contributed by atoms with E-state index in [1.165, 1.54) is 13.0 Å². The molecule has 100 valence electrons. The molecule has 0 aliphatic carbocycles. The molecule has 0 fully saturated rings. The maximum atomic E-state index is 12.0. The molecule has 18 heavy (non-hydrogen) atoms. The fraction of sp³-hybridized carbons (Fsp3) is 0.455. The van der Waals surface area contributed by atoms with Gasteiger partial charge in [-0.2, -0.15) is 0 Å². The number of benzene rings is 1. The average molecular weight is 322 g/mol. The molecule has 0 aromatic heterocycles. The zero-order chi connectivity index (χ0) is 13.7. The minimum atomic E-state index is -0.915. The highest BCUT2D eigenvalue weighted by atomic mass is 79.9. The Kier molecular flexibility index (Phi) is 5.49. The maximum Gasteiger partial charge on any atom is 0.312 e. The van der Waals surface area contributed by atoms with Gasteiger partial charge in [0.25, 0.3) is 0 Å². The molecule has 1 N–H and O–H groups in total. The first-order valence-electron chi connectivity index (χ1n) is 5.32. The zero-order valence-corrected chi connectivity index (χ0v) is 11.3. The summed E-state index contributed by atoms with van der Waals surface area (Å²) in [5.41, 5.74) is 0.0501. The van der Waals surface area contributed by atoms with Gasteiger partial charge >= 0.3 is 5.69 Å².